The van der Waals surface area contributed by atoms with Crippen molar-refractivity contribution < 1.29 is 4.39 Å². The molecule has 2 rings (SSSR count). The molecule has 0 heterocycles. The fourth-order valence-corrected chi connectivity index (χ4v) is 3.51. The average molecular weight is 363 g/mol. The molecule has 0 spiro atoms. The summed E-state index contributed by atoms with van der Waals surface area (Å²) in [6.45, 7) is 3.04. The van der Waals surface area contributed by atoms with E-state index in [9.17, 15) is 4.39 Å². The Kier molecular flexibility index (Phi) is 6.31. The van der Waals surface area contributed by atoms with Crippen LogP contribution in [-0.2, 0) is 0 Å². The number of nitrogens with one attached hydrogen (secondary N) is 1. The molecule has 1 nitrogen and oxygen atoms in total. The zero-order valence-electron chi connectivity index (χ0n) is 11.9. The zero-order valence-corrected chi connectivity index (χ0v) is 14.2. The molecule has 1 fully saturated rings. The van der Waals surface area contributed by atoms with Crippen molar-refractivity contribution >= 4 is 27.5 Å². The molecule has 0 radical (unpaired) electrons. The number of hydrogen-bond acceptors (Lipinski definition) is 1. The van der Waals surface area contributed by atoms with E-state index in [1.807, 2.05) is 0 Å². The summed E-state index contributed by atoms with van der Waals surface area (Å²) in [4.78, 5) is 0. The van der Waals surface area contributed by atoms with Crippen LogP contribution in [0.25, 0.3) is 0 Å². The first-order valence-electron chi connectivity index (χ1n) is 7.49. The quantitative estimate of drug-likeness (QED) is 0.625. The molecule has 0 bridgehead atoms. The first-order chi connectivity index (χ1) is 9.61. The van der Waals surface area contributed by atoms with E-state index in [2.05, 4.69) is 28.2 Å². The highest BCUT2D eigenvalue weighted by molar-refractivity contribution is 9.10. The average Bonchev–Trinajstić information content (AvgIpc) is 2.92. The Morgan fingerprint density at radius 2 is 2.10 bits per heavy atom. The van der Waals surface area contributed by atoms with Crippen molar-refractivity contribution in [1.29, 1.82) is 0 Å². The Morgan fingerprint density at radius 3 is 2.75 bits per heavy atom. The van der Waals surface area contributed by atoms with E-state index in [-0.39, 0.29) is 11.9 Å². The van der Waals surface area contributed by atoms with Crippen LogP contribution in [0.4, 0.5) is 4.39 Å². The molecule has 20 heavy (non-hydrogen) atoms. The van der Waals surface area contributed by atoms with Gasteiger partial charge in [-0.2, -0.15) is 0 Å². The molecule has 1 aromatic carbocycles. The van der Waals surface area contributed by atoms with Crippen molar-refractivity contribution in [2.45, 2.75) is 51.5 Å². The van der Waals surface area contributed by atoms with E-state index in [1.165, 1.54) is 31.7 Å². The molecule has 1 aliphatic carbocycles. The van der Waals surface area contributed by atoms with Crippen LogP contribution in [0.3, 0.4) is 0 Å². The Morgan fingerprint density at radius 1 is 1.40 bits per heavy atom. The van der Waals surface area contributed by atoms with Crippen LogP contribution in [0, 0.1) is 11.7 Å². The van der Waals surface area contributed by atoms with Gasteiger partial charge in [0.05, 0.1) is 5.02 Å². The van der Waals surface area contributed by atoms with Crippen LogP contribution < -0.4 is 5.32 Å². The van der Waals surface area contributed by atoms with Gasteiger partial charge in [0.1, 0.15) is 5.82 Å². The number of halogens is 3. The summed E-state index contributed by atoms with van der Waals surface area (Å²) in [6.07, 6.45) is 7.23. The lowest BCUT2D eigenvalue weighted by molar-refractivity contribution is 0.385. The highest BCUT2D eigenvalue weighted by Gasteiger charge is 2.23. The van der Waals surface area contributed by atoms with Crippen LogP contribution in [0.15, 0.2) is 16.6 Å². The van der Waals surface area contributed by atoms with Gasteiger partial charge in [-0.25, -0.2) is 4.39 Å². The van der Waals surface area contributed by atoms with Crippen LogP contribution in [0.2, 0.25) is 5.02 Å². The van der Waals surface area contributed by atoms with Gasteiger partial charge in [0.25, 0.3) is 0 Å². The predicted octanol–water partition coefficient (Wildman–Crippen LogP) is 5.86. The summed E-state index contributed by atoms with van der Waals surface area (Å²) in [5.41, 5.74) is 0.707. The molecule has 0 aliphatic heterocycles. The van der Waals surface area contributed by atoms with Crippen molar-refractivity contribution in [2.24, 2.45) is 5.92 Å². The highest BCUT2D eigenvalue weighted by atomic mass is 79.9. The number of hydrogen-bond donors (Lipinski definition) is 1. The third-order valence-electron chi connectivity index (χ3n) is 4.10. The molecular formula is C16H22BrClFN. The molecule has 1 unspecified atom stereocenters. The maximum atomic E-state index is 14.3. The van der Waals surface area contributed by atoms with Crippen LogP contribution in [-0.4, -0.2) is 6.54 Å². The van der Waals surface area contributed by atoms with Gasteiger partial charge in [-0.1, -0.05) is 44.2 Å². The Hall–Kier alpha value is -0.120. The Labute approximate surface area is 134 Å². The van der Waals surface area contributed by atoms with Gasteiger partial charge < -0.3 is 5.32 Å². The lowest BCUT2D eigenvalue weighted by Gasteiger charge is -2.23. The first kappa shape index (κ1) is 16.3. The number of benzene rings is 1. The minimum absolute atomic E-state index is 0.0728. The zero-order chi connectivity index (χ0) is 14.5. The lowest BCUT2D eigenvalue weighted by atomic mass is 9.93. The van der Waals surface area contributed by atoms with E-state index in [0.717, 1.165) is 19.4 Å². The summed E-state index contributed by atoms with van der Waals surface area (Å²) in [7, 11) is 0. The van der Waals surface area contributed by atoms with Crippen molar-refractivity contribution in [3.8, 4) is 0 Å². The number of rotatable bonds is 6. The van der Waals surface area contributed by atoms with Gasteiger partial charge in [0, 0.05) is 16.1 Å². The molecular weight excluding hydrogens is 341 g/mol. The molecule has 0 amide bonds. The maximum Gasteiger partial charge on any atom is 0.129 e. The van der Waals surface area contributed by atoms with Gasteiger partial charge in [-0.05, 0) is 53.4 Å². The predicted molar refractivity (Wildman–Crippen MR) is 86.7 cm³/mol. The molecule has 1 saturated carbocycles. The van der Waals surface area contributed by atoms with Crippen LogP contribution >= 0.6 is 27.5 Å². The summed E-state index contributed by atoms with van der Waals surface area (Å²) in [5.74, 6) is 0.541. The van der Waals surface area contributed by atoms with E-state index in [0.29, 0.717) is 21.0 Å². The largest absolute Gasteiger partial charge is 0.310 e. The van der Waals surface area contributed by atoms with Gasteiger partial charge in [-0.3, -0.25) is 0 Å². The first-order valence-corrected chi connectivity index (χ1v) is 8.66. The second-order valence-corrected chi connectivity index (χ2v) is 6.94. The SMILES string of the molecule is CCCNC(CC1CCCC1)c1cc(Cl)c(Br)cc1F. The molecule has 1 aliphatic rings. The fraction of sp³-hybridized carbons (Fsp3) is 0.625. The van der Waals surface area contributed by atoms with Gasteiger partial charge in [-0.15, -0.1) is 0 Å². The molecule has 1 atom stereocenters. The highest BCUT2D eigenvalue weighted by Crippen LogP contribution is 2.36. The van der Waals surface area contributed by atoms with Crippen LogP contribution in [0.5, 0.6) is 0 Å². The topological polar surface area (TPSA) is 12.0 Å². The van der Waals surface area contributed by atoms with Gasteiger partial charge >= 0.3 is 0 Å². The molecule has 4 heteroatoms. The second-order valence-electron chi connectivity index (χ2n) is 5.68. The smallest absolute Gasteiger partial charge is 0.129 e. The molecule has 1 N–H and O–H groups in total. The lowest BCUT2D eigenvalue weighted by Crippen LogP contribution is -2.25. The summed E-state index contributed by atoms with van der Waals surface area (Å²) in [5, 5.41) is 4.07. The van der Waals surface area contributed by atoms with E-state index < -0.39 is 0 Å². The van der Waals surface area contributed by atoms with E-state index in [4.69, 9.17) is 11.6 Å². The van der Waals surface area contributed by atoms with Crippen molar-refractivity contribution in [3.05, 3.63) is 33.0 Å². The van der Waals surface area contributed by atoms with Gasteiger partial charge in [0.2, 0.25) is 0 Å². The summed E-state index contributed by atoms with van der Waals surface area (Å²) >= 11 is 9.42. The summed E-state index contributed by atoms with van der Waals surface area (Å²) < 4.78 is 14.9. The molecule has 0 aromatic heterocycles. The minimum atomic E-state index is -0.173. The van der Waals surface area contributed by atoms with Crippen LogP contribution in [0.1, 0.15) is 57.1 Å². The third-order valence-corrected chi connectivity index (χ3v) is 5.30. The van der Waals surface area contributed by atoms with E-state index >= 15 is 0 Å². The third kappa shape index (κ3) is 4.19. The van der Waals surface area contributed by atoms with E-state index in [1.54, 1.807) is 6.07 Å². The molecule has 112 valence electrons. The maximum absolute atomic E-state index is 14.3. The Balaban J connectivity index is 2.18. The summed E-state index contributed by atoms with van der Waals surface area (Å²) in [6, 6.07) is 3.32. The minimum Gasteiger partial charge on any atom is -0.310 e. The van der Waals surface area contributed by atoms with Gasteiger partial charge in [0.15, 0.2) is 0 Å². The fourth-order valence-electron chi connectivity index (χ4n) is 3.02. The van der Waals surface area contributed by atoms with Crippen molar-refractivity contribution in [1.82, 2.24) is 5.32 Å². The standard InChI is InChI=1S/C16H22BrClFN/c1-2-7-20-16(8-11-5-3-4-6-11)12-9-14(18)13(17)10-15(12)19/h9-11,16,20H,2-8H2,1H3. The van der Waals surface area contributed by atoms with Crippen molar-refractivity contribution in [2.75, 3.05) is 6.54 Å². The second kappa shape index (κ2) is 7.77. The van der Waals surface area contributed by atoms with Crippen molar-refractivity contribution in [3.63, 3.8) is 0 Å². The monoisotopic (exact) mass is 361 g/mol. The normalized spacial score (nSPS) is 17.6. The molecule has 1 aromatic rings. The molecule has 0 saturated heterocycles. The Bertz CT molecular complexity index is 446.